The lowest BCUT2D eigenvalue weighted by Crippen LogP contribution is -2.24. The van der Waals surface area contributed by atoms with E-state index in [2.05, 4.69) is 21.7 Å². The molecule has 0 atom stereocenters. The number of carbonyl (C=O) groups is 1. The Balaban J connectivity index is 2.30. The van der Waals surface area contributed by atoms with Crippen LogP contribution in [0.25, 0.3) is 5.70 Å². The first-order chi connectivity index (χ1) is 17.3. The molecule has 0 saturated carbocycles. The topological polar surface area (TPSA) is 108 Å². The van der Waals surface area contributed by atoms with E-state index in [1.165, 1.54) is 38.1 Å². The molecule has 0 saturated heterocycles. The number of rotatable bonds is 10. The number of pyridine rings is 1. The van der Waals surface area contributed by atoms with E-state index in [4.69, 9.17) is 14.2 Å². The average Bonchev–Trinajstić information content (AvgIpc) is 3.20. The summed E-state index contributed by atoms with van der Waals surface area (Å²) in [7, 11) is 4.08. The van der Waals surface area contributed by atoms with E-state index in [0.717, 1.165) is 5.56 Å². The van der Waals surface area contributed by atoms with Gasteiger partial charge in [0.05, 0.1) is 51.3 Å². The molecule has 188 valence electrons. The zero-order chi connectivity index (χ0) is 26.2. The number of nitrogens with zero attached hydrogens (tertiary/aromatic N) is 3. The molecule has 0 spiro atoms. The van der Waals surface area contributed by atoms with Crippen LogP contribution < -0.4 is 10.3 Å². The maximum Gasteiger partial charge on any atom is 0.311 e. The summed E-state index contributed by atoms with van der Waals surface area (Å²) in [6.07, 6.45) is 4.58. The third kappa shape index (κ3) is 5.60. The van der Waals surface area contributed by atoms with Crippen molar-refractivity contribution in [2.24, 2.45) is 4.99 Å². The van der Waals surface area contributed by atoms with Gasteiger partial charge < -0.3 is 14.2 Å². The minimum absolute atomic E-state index is 0.0108. The van der Waals surface area contributed by atoms with Gasteiger partial charge >= 0.3 is 5.97 Å². The molecule has 36 heavy (non-hydrogen) atoms. The van der Waals surface area contributed by atoms with Crippen LogP contribution in [0.4, 0.5) is 4.39 Å². The molecule has 0 fully saturated rings. The Hall–Kier alpha value is -4.47. The van der Waals surface area contributed by atoms with Gasteiger partial charge in [0.1, 0.15) is 23.0 Å². The van der Waals surface area contributed by atoms with E-state index in [0.29, 0.717) is 11.4 Å². The van der Waals surface area contributed by atoms with Crippen LogP contribution in [0.1, 0.15) is 29.3 Å². The van der Waals surface area contributed by atoms with Crippen LogP contribution in [0.15, 0.2) is 70.9 Å². The number of nitrogens with one attached hydrogen (secondary N) is 1. The Morgan fingerprint density at radius 2 is 2.03 bits per heavy atom. The van der Waals surface area contributed by atoms with Gasteiger partial charge in [0.15, 0.2) is 0 Å². The van der Waals surface area contributed by atoms with Crippen molar-refractivity contribution < 1.29 is 23.4 Å². The highest BCUT2D eigenvalue weighted by atomic mass is 19.1. The summed E-state index contributed by atoms with van der Waals surface area (Å²) >= 11 is 0. The minimum Gasteiger partial charge on any atom is -0.497 e. The van der Waals surface area contributed by atoms with Gasteiger partial charge in [0.2, 0.25) is 0 Å². The predicted molar refractivity (Wildman–Crippen MR) is 133 cm³/mol. The predicted octanol–water partition coefficient (Wildman–Crippen LogP) is 3.49. The molecule has 0 unspecified atom stereocenters. The number of aromatic nitrogens is 3. The first-order valence-electron chi connectivity index (χ1n) is 10.9. The Labute approximate surface area is 207 Å². The van der Waals surface area contributed by atoms with Crippen LogP contribution in [0.3, 0.4) is 0 Å². The molecule has 1 aromatic carbocycles. The van der Waals surface area contributed by atoms with E-state index in [-0.39, 0.29) is 41.3 Å². The number of halogens is 1. The summed E-state index contributed by atoms with van der Waals surface area (Å²) < 4.78 is 31.6. The summed E-state index contributed by atoms with van der Waals surface area (Å²) in [5, 5.41) is 2.93. The monoisotopic (exact) mass is 494 g/mol. The number of ether oxygens (including phenoxy) is 3. The number of H-pyrrole nitrogens is 1. The number of aromatic amines is 1. The number of methoxy groups -OCH3 is 3. The molecular formula is C26H27FN4O5. The van der Waals surface area contributed by atoms with Crippen molar-refractivity contribution in [1.29, 1.82) is 0 Å². The fraction of sp³-hybridized carbons (Fsp3) is 0.231. The molecular weight excluding hydrogens is 467 g/mol. The second-order valence-electron chi connectivity index (χ2n) is 7.53. The van der Waals surface area contributed by atoms with Crippen LogP contribution >= 0.6 is 0 Å². The van der Waals surface area contributed by atoms with Gasteiger partial charge in [-0.2, -0.15) is 0 Å². The molecule has 0 aliphatic rings. The van der Waals surface area contributed by atoms with Crippen molar-refractivity contribution in [2.45, 2.75) is 19.9 Å². The Kier molecular flexibility index (Phi) is 8.56. The van der Waals surface area contributed by atoms with E-state index < -0.39 is 17.3 Å². The zero-order valence-electron chi connectivity index (χ0n) is 20.5. The lowest BCUT2D eigenvalue weighted by Gasteiger charge is -2.10. The number of aliphatic imine (C=N–C) groups is 1. The Bertz CT molecular complexity index is 1370. The maximum absolute atomic E-state index is 15.3. The SMILES string of the molecule is C=C(OC)C(=CC)n1[nH]c(CC(=O)OC)c(C(=NCc2cccnc2)c2ccc(OC)cc2F)c1=O. The summed E-state index contributed by atoms with van der Waals surface area (Å²) in [5.41, 5.74) is 0.808. The lowest BCUT2D eigenvalue weighted by atomic mass is 10.00. The van der Waals surface area contributed by atoms with Gasteiger partial charge in [-0.1, -0.05) is 18.7 Å². The smallest absolute Gasteiger partial charge is 0.311 e. The van der Waals surface area contributed by atoms with Crippen LogP contribution in [0.5, 0.6) is 5.75 Å². The van der Waals surface area contributed by atoms with Gasteiger partial charge in [0, 0.05) is 24.0 Å². The van der Waals surface area contributed by atoms with E-state index in [1.54, 1.807) is 37.5 Å². The molecule has 2 aromatic heterocycles. The second kappa shape index (κ2) is 11.8. The average molecular weight is 495 g/mol. The third-order valence-corrected chi connectivity index (χ3v) is 5.37. The fourth-order valence-corrected chi connectivity index (χ4v) is 3.54. The molecule has 0 radical (unpaired) electrons. The number of carbonyl (C=O) groups excluding carboxylic acids is 1. The zero-order valence-corrected chi connectivity index (χ0v) is 20.5. The molecule has 3 rings (SSSR count). The standard InChI is InChI=1S/C26H27FN4O5/c1-6-22(16(2)34-3)31-26(33)24(21(30-31)13-23(32)36-5)25(29-15-17-8-7-11-28-14-17)19-10-9-18(35-4)12-20(19)27/h6-12,14,30H,2,13,15H2,1,3-5H3. The van der Waals surface area contributed by atoms with Crippen molar-refractivity contribution in [3.63, 3.8) is 0 Å². The number of hydrogen-bond donors (Lipinski definition) is 1. The molecule has 0 bridgehead atoms. The first kappa shape index (κ1) is 26.1. The molecule has 3 aromatic rings. The second-order valence-corrected chi connectivity index (χ2v) is 7.53. The van der Waals surface area contributed by atoms with Crippen molar-refractivity contribution in [3.05, 3.63) is 99.7 Å². The van der Waals surface area contributed by atoms with Crippen LogP contribution in [-0.2, 0) is 27.2 Å². The molecule has 10 heteroatoms. The van der Waals surface area contributed by atoms with Crippen LogP contribution in [0.2, 0.25) is 0 Å². The maximum atomic E-state index is 15.3. The number of hydrogen-bond acceptors (Lipinski definition) is 7. The third-order valence-electron chi connectivity index (χ3n) is 5.37. The van der Waals surface area contributed by atoms with E-state index in [1.807, 2.05) is 6.07 Å². The van der Waals surface area contributed by atoms with Crippen molar-refractivity contribution >= 4 is 17.4 Å². The van der Waals surface area contributed by atoms with E-state index in [9.17, 15) is 9.59 Å². The van der Waals surface area contributed by atoms with Crippen molar-refractivity contribution in [2.75, 3.05) is 21.3 Å². The van der Waals surface area contributed by atoms with Crippen LogP contribution in [-0.4, -0.2) is 47.8 Å². The highest BCUT2D eigenvalue weighted by Crippen LogP contribution is 2.22. The molecule has 9 nitrogen and oxygen atoms in total. The molecule has 2 heterocycles. The minimum atomic E-state index is -0.650. The number of benzene rings is 1. The van der Waals surface area contributed by atoms with Crippen molar-refractivity contribution in [1.82, 2.24) is 14.8 Å². The quantitative estimate of drug-likeness (QED) is 0.200. The molecule has 0 aliphatic heterocycles. The molecule has 0 aliphatic carbocycles. The Morgan fingerprint density at radius 1 is 1.25 bits per heavy atom. The summed E-state index contributed by atoms with van der Waals surface area (Å²) in [5.74, 6) is -0.736. The van der Waals surface area contributed by atoms with Gasteiger partial charge in [-0.15, -0.1) is 0 Å². The number of allylic oxidation sites excluding steroid dienone is 2. The van der Waals surface area contributed by atoms with Gasteiger partial charge in [-0.3, -0.25) is 24.7 Å². The van der Waals surface area contributed by atoms with Gasteiger partial charge in [-0.05, 0) is 30.7 Å². The van der Waals surface area contributed by atoms with Gasteiger partial charge in [-0.25, -0.2) is 9.07 Å². The summed E-state index contributed by atoms with van der Waals surface area (Å²) in [4.78, 5) is 34.6. The highest BCUT2D eigenvalue weighted by molar-refractivity contribution is 6.14. The largest absolute Gasteiger partial charge is 0.497 e. The Morgan fingerprint density at radius 3 is 2.61 bits per heavy atom. The summed E-state index contributed by atoms with van der Waals surface area (Å²) in [6.45, 7) is 5.63. The first-order valence-corrected chi connectivity index (χ1v) is 10.9. The number of esters is 1. The normalized spacial score (nSPS) is 11.8. The molecule has 0 amide bonds. The summed E-state index contributed by atoms with van der Waals surface area (Å²) in [6, 6.07) is 7.79. The van der Waals surface area contributed by atoms with E-state index >= 15 is 4.39 Å². The molecule has 1 N–H and O–H groups in total. The highest BCUT2D eigenvalue weighted by Gasteiger charge is 2.26. The van der Waals surface area contributed by atoms with Crippen LogP contribution in [0, 0.1) is 5.82 Å². The lowest BCUT2D eigenvalue weighted by molar-refractivity contribution is -0.139. The fourth-order valence-electron chi connectivity index (χ4n) is 3.54. The van der Waals surface area contributed by atoms with Crippen molar-refractivity contribution in [3.8, 4) is 5.75 Å². The van der Waals surface area contributed by atoms with Gasteiger partial charge in [0.25, 0.3) is 5.56 Å².